The number of benzene rings is 2. The van der Waals surface area contributed by atoms with Crippen molar-refractivity contribution in [2.75, 3.05) is 6.61 Å². The Morgan fingerprint density at radius 2 is 2.09 bits per heavy atom. The van der Waals surface area contributed by atoms with Gasteiger partial charge >= 0.3 is 5.97 Å². The first-order valence-electron chi connectivity index (χ1n) is 6.66. The number of carboxylic acid groups (broad SMARTS) is 1. The predicted octanol–water partition coefficient (Wildman–Crippen LogP) is 2.79. The monoisotopic (exact) mass is 345 g/mol. The van der Waals surface area contributed by atoms with Gasteiger partial charge in [-0.2, -0.15) is 0 Å². The van der Waals surface area contributed by atoms with E-state index in [1.54, 1.807) is 12.1 Å². The van der Waals surface area contributed by atoms with Crippen LogP contribution in [0.2, 0.25) is 0 Å². The third-order valence-corrected chi connectivity index (χ3v) is 4.36. The minimum atomic E-state index is -1.06. The minimum absolute atomic E-state index is 0.267. The van der Waals surface area contributed by atoms with Crippen LogP contribution in [0.3, 0.4) is 0 Å². The predicted molar refractivity (Wildman–Crippen MR) is 93.4 cm³/mol. The summed E-state index contributed by atoms with van der Waals surface area (Å²) in [6.45, 7) is -0.452. The van der Waals surface area contributed by atoms with Gasteiger partial charge in [0, 0.05) is 5.56 Å². The number of thioether (sulfide) groups is 1. The molecule has 1 saturated heterocycles. The molecule has 0 spiro atoms. The van der Waals surface area contributed by atoms with Crippen molar-refractivity contribution in [1.82, 2.24) is 5.32 Å². The largest absolute Gasteiger partial charge is 0.481 e. The van der Waals surface area contributed by atoms with Gasteiger partial charge in [0.15, 0.2) is 6.61 Å². The van der Waals surface area contributed by atoms with Crippen LogP contribution in [-0.4, -0.2) is 27.9 Å². The minimum Gasteiger partial charge on any atom is -0.481 e. The molecular weight excluding hydrogens is 334 g/mol. The molecule has 0 saturated carbocycles. The van der Waals surface area contributed by atoms with Crippen LogP contribution in [0.25, 0.3) is 16.8 Å². The molecule has 7 heteroatoms. The molecule has 2 N–H and O–H groups in total. The number of carboxylic acids is 1. The molecule has 2 aromatic rings. The first-order valence-corrected chi connectivity index (χ1v) is 7.88. The fourth-order valence-corrected chi connectivity index (χ4v) is 3.27. The lowest BCUT2D eigenvalue weighted by atomic mass is 10.0. The van der Waals surface area contributed by atoms with Gasteiger partial charge in [-0.05, 0) is 22.9 Å². The van der Waals surface area contributed by atoms with Crippen LogP contribution in [-0.2, 0) is 9.59 Å². The van der Waals surface area contributed by atoms with E-state index in [9.17, 15) is 9.59 Å². The number of rotatable bonds is 4. The summed E-state index contributed by atoms with van der Waals surface area (Å²) in [7, 11) is 0. The van der Waals surface area contributed by atoms with Crippen LogP contribution >= 0.6 is 24.0 Å². The highest BCUT2D eigenvalue weighted by Gasteiger charge is 2.23. The van der Waals surface area contributed by atoms with Crippen molar-refractivity contribution in [3.05, 3.63) is 46.9 Å². The molecule has 0 bridgehead atoms. The summed E-state index contributed by atoms with van der Waals surface area (Å²) >= 11 is 6.15. The Kier molecular flexibility index (Phi) is 4.31. The van der Waals surface area contributed by atoms with E-state index in [0.29, 0.717) is 20.5 Å². The van der Waals surface area contributed by atoms with Crippen LogP contribution in [0, 0.1) is 0 Å². The summed E-state index contributed by atoms with van der Waals surface area (Å²) < 4.78 is 5.76. The van der Waals surface area contributed by atoms with E-state index >= 15 is 0 Å². The fraction of sp³-hybridized carbons (Fsp3) is 0.0625. The molecule has 0 atom stereocenters. The lowest BCUT2D eigenvalue weighted by molar-refractivity contribution is -0.139. The van der Waals surface area contributed by atoms with Crippen molar-refractivity contribution in [3.63, 3.8) is 0 Å². The van der Waals surface area contributed by atoms with Gasteiger partial charge in [-0.1, -0.05) is 54.3 Å². The number of amides is 1. The molecule has 1 heterocycles. The van der Waals surface area contributed by atoms with Crippen LogP contribution in [0.1, 0.15) is 5.56 Å². The van der Waals surface area contributed by atoms with Gasteiger partial charge < -0.3 is 15.2 Å². The van der Waals surface area contributed by atoms with E-state index in [2.05, 4.69) is 5.32 Å². The van der Waals surface area contributed by atoms with Crippen molar-refractivity contribution < 1.29 is 19.4 Å². The zero-order valence-corrected chi connectivity index (χ0v) is 13.4. The highest BCUT2D eigenvalue weighted by atomic mass is 32.2. The Morgan fingerprint density at radius 3 is 2.78 bits per heavy atom. The SMILES string of the molecule is O=C(O)COc1ccc2ccccc2c1/C=C1\SC(=S)NC1=O. The molecule has 5 nitrogen and oxygen atoms in total. The summed E-state index contributed by atoms with van der Waals surface area (Å²) in [5.41, 5.74) is 0.659. The molecule has 2 aromatic carbocycles. The average molecular weight is 345 g/mol. The Labute approximate surface area is 141 Å². The van der Waals surface area contributed by atoms with Gasteiger partial charge in [-0.3, -0.25) is 4.79 Å². The zero-order chi connectivity index (χ0) is 16.4. The second-order valence-corrected chi connectivity index (χ2v) is 6.45. The highest BCUT2D eigenvalue weighted by molar-refractivity contribution is 8.26. The Morgan fingerprint density at radius 1 is 1.30 bits per heavy atom. The number of hydrogen-bond donors (Lipinski definition) is 2. The second kappa shape index (κ2) is 6.39. The van der Waals surface area contributed by atoms with E-state index in [0.717, 1.165) is 10.8 Å². The van der Waals surface area contributed by atoms with Gasteiger partial charge in [0.25, 0.3) is 5.91 Å². The molecule has 0 aromatic heterocycles. The first kappa shape index (κ1) is 15.5. The topological polar surface area (TPSA) is 75.6 Å². The van der Waals surface area contributed by atoms with E-state index < -0.39 is 12.6 Å². The number of thiocarbonyl (C=S) groups is 1. The van der Waals surface area contributed by atoms with E-state index in [4.69, 9.17) is 22.1 Å². The lowest BCUT2D eigenvalue weighted by Crippen LogP contribution is -2.17. The molecule has 3 rings (SSSR count). The number of fused-ring (bicyclic) bond motifs is 1. The quantitative estimate of drug-likeness (QED) is 0.656. The van der Waals surface area contributed by atoms with Crippen molar-refractivity contribution in [1.29, 1.82) is 0 Å². The third kappa shape index (κ3) is 3.35. The molecule has 1 amide bonds. The van der Waals surface area contributed by atoms with E-state index in [1.807, 2.05) is 30.3 Å². The highest BCUT2D eigenvalue weighted by Crippen LogP contribution is 2.34. The van der Waals surface area contributed by atoms with Crippen molar-refractivity contribution >= 4 is 57.0 Å². The third-order valence-electron chi connectivity index (χ3n) is 3.20. The molecule has 1 fully saturated rings. The zero-order valence-electron chi connectivity index (χ0n) is 11.7. The van der Waals surface area contributed by atoms with Crippen LogP contribution in [0.4, 0.5) is 0 Å². The van der Waals surface area contributed by atoms with E-state index in [-0.39, 0.29) is 5.91 Å². The molecule has 116 valence electrons. The molecule has 0 unspecified atom stereocenters. The smallest absolute Gasteiger partial charge is 0.341 e. The summed E-state index contributed by atoms with van der Waals surface area (Å²) in [5.74, 6) is -0.923. The number of carbonyl (C=O) groups excluding carboxylic acids is 1. The molecular formula is C16H11NO4S2. The fourth-order valence-electron chi connectivity index (χ4n) is 2.24. The lowest BCUT2D eigenvalue weighted by Gasteiger charge is -2.11. The second-order valence-electron chi connectivity index (χ2n) is 4.73. The maximum absolute atomic E-state index is 11.9. The number of carbonyl (C=O) groups is 2. The maximum atomic E-state index is 11.9. The van der Waals surface area contributed by atoms with E-state index in [1.165, 1.54) is 11.8 Å². The van der Waals surface area contributed by atoms with Crippen LogP contribution < -0.4 is 10.1 Å². The average Bonchev–Trinajstić information content (AvgIpc) is 2.84. The summed E-state index contributed by atoms with van der Waals surface area (Å²) in [5, 5.41) is 13.2. The first-order chi connectivity index (χ1) is 11.0. The van der Waals surface area contributed by atoms with Gasteiger partial charge in [0.2, 0.25) is 0 Å². The number of ether oxygens (including phenoxy) is 1. The van der Waals surface area contributed by atoms with Gasteiger partial charge in [0.1, 0.15) is 10.1 Å². The summed E-state index contributed by atoms with van der Waals surface area (Å²) in [4.78, 5) is 23.1. The standard InChI is InChI=1S/C16H11NO4S2/c18-14(19)8-21-12-6-5-9-3-1-2-4-10(9)11(12)7-13-15(20)17-16(22)23-13/h1-7H,8H2,(H,18,19)(H,17,20,22)/b13-7-. The molecule has 1 aliphatic heterocycles. The summed E-state index contributed by atoms with van der Waals surface area (Å²) in [6.07, 6.45) is 1.68. The normalized spacial score (nSPS) is 15.9. The van der Waals surface area contributed by atoms with Crippen molar-refractivity contribution in [2.45, 2.75) is 0 Å². The van der Waals surface area contributed by atoms with Gasteiger partial charge in [-0.15, -0.1) is 0 Å². The van der Waals surface area contributed by atoms with Crippen LogP contribution in [0.5, 0.6) is 5.75 Å². The maximum Gasteiger partial charge on any atom is 0.341 e. The molecule has 1 aliphatic rings. The number of aliphatic carboxylic acids is 1. The molecule has 0 aliphatic carbocycles. The van der Waals surface area contributed by atoms with Gasteiger partial charge in [0.05, 0.1) is 4.91 Å². The Hall–Kier alpha value is -2.38. The Bertz CT molecular complexity index is 860. The number of hydrogen-bond acceptors (Lipinski definition) is 5. The Balaban J connectivity index is 2.12. The molecule has 23 heavy (non-hydrogen) atoms. The van der Waals surface area contributed by atoms with Crippen molar-refractivity contribution in [2.24, 2.45) is 0 Å². The van der Waals surface area contributed by atoms with Crippen LogP contribution in [0.15, 0.2) is 41.3 Å². The number of nitrogens with one attached hydrogen (secondary N) is 1. The molecule has 0 radical (unpaired) electrons. The van der Waals surface area contributed by atoms with Crippen molar-refractivity contribution in [3.8, 4) is 5.75 Å². The summed E-state index contributed by atoms with van der Waals surface area (Å²) in [6, 6.07) is 11.2. The van der Waals surface area contributed by atoms with Gasteiger partial charge in [-0.25, -0.2) is 4.79 Å².